The molecule has 0 bridgehead atoms. The summed E-state index contributed by atoms with van der Waals surface area (Å²) in [5.74, 6) is 0.0365. The molecule has 0 aliphatic heterocycles. The Morgan fingerprint density at radius 3 is 2.50 bits per heavy atom. The van der Waals surface area contributed by atoms with Crippen molar-refractivity contribution in [3.8, 4) is 0 Å². The van der Waals surface area contributed by atoms with Crippen LogP contribution in [0.2, 0.25) is 0 Å². The van der Waals surface area contributed by atoms with Crippen molar-refractivity contribution in [2.45, 2.75) is 84.0 Å². The van der Waals surface area contributed by atoms with Gasteiger partial charge in [0.05, 0.1) is 0 Å². The number of allylic oxidation sites excluding steroid dienone is 2. The standard InChI is InChI=1S/C20H32O4/c1-2-3-6-9-17(21)14-12-16-13-15-19(22)18(16)10-7-4-5-8-11-20(23)24/h12,14,16,18H,2-11,13,15H2,1H3,(H,23,24)/b14-12+. The first-order chi connectivity index (χ1) is 11.5. The third-order valence-corrected chi connectivity index (χ3v) is 4.87. The van der Waals surface area contributed by atoms with Crippen LogP contribution in [0.4, 0.5) is 0 Å². The maximum Gasteiger partial charge on any atom is 0.303 e. The summed E-state index contributed by atoms with van der Waals surface area (Å²) in [7, 11) is 0. The Kier molecular flexibility index (Phi) is 10.3. The van der Waals surface area contributed by atoms with Crippen LogP contribution in [0.1, 0.15) is 84.0 Å². The minimum Gasteiger partial charge on any atom is -0.481 e. The van der Waals surface area contributed by atoms with Crippen LogP contribution in [-0.2, 0) is 14.4 Å². The zero-order chi connectivity index (χ0) is 17.8. The van der Waals surface area contributed by atoms with Crippen molar-refractivity contribution in [1.29, 1.82) is 0 Å². The van der Waals surface area contributed by atoms with Crippen LogP contribution < -0.4 is 0 Å². The Bertz CT molecular complexity index is 439. The van der Waals surface area contributed by atoms with Gasteiger partial charge in [-0.2, -0.15) is 0 Å². The number of carboxylic acids is 1. The summed E-state index contributed by atoms with van der Waals surface area (Å²) in [6.45, 7) is 2.12. The Labute approximate surface area is 145 Å². The molecule has 2 atom stereocenters. The van der Waals surface area contributed by atoms with Gasteiger partial charge in [0.15, 0.2) is 5.78 Å². The Balaban J connectivity index is 2.29. The molecule has 1 aliphatic carbocycles. The SMILES string of the molecule is CCCCCC(=O)/C=C/C1CCC(=O)C1CCCCCCC(=O)O. The minimum absolute atomic E-state index is 0.0594. The van der Waals surface area contributed by atoms with Crippen molar-refractivity contribution in [3.63, 3.8) is 0 Å². The molecule has 0 heterocycles. The second-order valence-corrected chi connectivity index (χ2v) is 6.90. The lowest BCUT2D eigenvalue weighted by Crippen LogP contribution is -2.13. The third-order valence-electron chi connectivity index (χ3n) is 4.87. The Morgan fingerprint density at radius 1 is 1.08 bits per heavy atom. The van der Waals surface area contributed by atoms with E-state index in [1.165, 1.54) is 0 Å². The summed E-state index contributed by atoms with van der Waals surface area (Å²) in [4.78, 5) is 34.3. The molecule has 0 aromatic heterocycles. The second-order valence-electron chi connectivity index (χ2n) is 6.90. The van der Waals surface area contributed by atoms with E-state index >= 15 is 0 Å². The maximum atomic E-state index is 12.1. The molecule has 4 nitrogen and oxygen atoms in total. The van der Waals surface area contributed by atoms with Crippen molar-refractivity contribution in [2.24, 2.45) is 11.8 Å². The van der Waals surface area contributed by atoms with Gasteiger partial charge in [-0.15, -0.1) is 0 Å². The highest BCUT2D eigenvalue weighted by atomic mass is 16.4. The molecule has 2 unspecified atom stereocenters. The molecule has 24 heavy (non-hydrogen) atoms. The Morgan fingerprint density at radius 2 is 1.79 bits per heavy atom. The number of carbonyl (C=O) groups is 3. The number of carbonyl (C=O) groups excluding carboxylic acids is 2. The van der Waals surface area contributed by atoms with Gasteiger partial charge in [0.2, 0.25) is 0 Å². The smallest absolute Gasteiger partial charge is 0.303 e. The molecular formula is C20H32O4. The van der Waals surface area contributed by atoms with Crippen LogP contribution in [-0.4, -0.2) is 22.6 Å². The normalized spacial score (nSPS) is 20.8. The zero-order valence-electron chi connectivity index (χ0n) is 15.0. The molecule has 4 heteroatoms. The molecule has 0 aromatic carbocycles. The quantitative estimate of drug-likeness (QED) is 0.390. The minimum atomic E-state index is -0.741. The average molecular weight is 336 g/mol. The van der Waals surface area contributed by atoms with Gasteiger partial charge in [-0.3, -0.25) is 14.4 Å². The summed E-state index contributed by atoms with van der Waals surface area (Å²) in [5, 5.41) is 8.60. The summed E-state index contributed by atoms with van der Waals surface area (Å²) in [6, 6.07) is 0. The summed E-state index contributed by atoms with van der Waals surface area (Å²) < 4.78 is 0. The van der Waals surface area contributed by atoms with Crippen LogP contribution in [0.3, 0.4) is 0 Å². The van der Waals surface area contributed by atoms with Crippen molar-refractivity contribution in [1.82, 2.24) is 0 Å². The molecule has 0 aromatic rings. The zero-order valence-corrected chi connectivity index (χ0v) is 15.0. The van der Waals surface area contributed by atoms with Gasteiger partial charge in [0.25, 0.3) is 0 Å². The molecule has 1 saturated carbocycles. The number of carboxylic acid groups (broad SMARTS) is 1. The molecule has 0 radical (unpaired) electrons. The number of hydrogen-bond donors (Lipinski definition) is 1. The van der Waals surface area contributed by atoms with Crippen LogP contribution in [0, 0.1) is 11.8 Å². The molecule has 0 amide bonds. The van der Waals surface area contributed by atoms with Gasteiger partial charge in [-0.05, 0) is 37.7 Å². The fraction of sp³-hybridized carbons (Fsp3) is 0.750. The number of Topliss-reactive ketones (excluding diaryl/α,β-unsaturated/α-hetero) is 1. The van der Waals surface area contributed by atoms with E-state index in [0.717, 1.165) is 51.4 Å². The van der Waals surface area contributed by atoms with E-state index in [4.69, 9.17) is 5.11 Å². The van der Waals surface area contributed by atoms with E-state index in [0.29, 0.717) is 25.0 Å². The molecular weight excluding hydrogens is 304 g/mol. The first kappa shape index (κ1) is 20.6. The van der Waals surface area contributed by atoms with E-state index < -0.39 is 5.97 Å². The lowest BCUT2D eigenvalue weighted by Gasteiger charge is -2.14. The molecule has 0 saturated heterocycles. The number of aliphatic carboxylic acids is 1. The maximum absolute atomic E-state index is 12.1. The van der Waals surface area contributed by atoms with Crippen LogP contribution >= 0.6 is 0 Å². The molecule has 1 fully saturated rings. The number of rotatable bonds is 13. The summed E-state index contributed by atoms with van der Waals surface area (Å²) in [6.07, 6.45) is 13.6. The average Bonchev–Trinajstić information content (AvgIpc) is 2.89. The van der Waals surface area contributed by atoms with Crippen molar-refractivity contribution < 1.29 is 19.5 Å². The molecule has 1 aliphatic rings. The van der Waals surface area contributed by atoms with Gasteiger partial charge in [0, 0.05) is 25.2 Å². The lowest BCUT2D eigenvalue weighted by molar-refractivity contribution is -0.137. The summed E-state index contributed by atoms with van der Waals surface area (Å²) in [5.41, 5.74) is 0. The van der Waals surface area contributed by atoms with E-state index in [-0.39, 0.29) is 24.0 Å². The fourth-order valence-corrected chi connectivity index (χ4v) is 3.40. The van der Waals surface area contributed by atoms with Crippen molar-refractivity contribution >= 4 is 17.5 Å². The predicted molar refractivity (Wildman–Crippen MR) is 94.8 cm³/mol. The van der Waals surface area contributed by atoms with E-state index in [1.807, 2.05) is 6.08 Å². The highest BCUT2D eigenvalue weighted by Gasteiger charge is 2.32. The van der Waals surface area contributed by atoms with Crippen LogP contribution in [0.15, 0.2) is 12.2 Å². The number of ketones is 2. The van der Waals surface area contributed by atoms with Gasteiger partial charge >= 0.3 is 5.97 Å². The summed E-state index contributed by atoms with van der Waals surface area (Å²) >= 11 is 0. The molecule has 0 spiro atoms. The predicted octanol–water partition coefficient (Wildman–Crippen LogP) is 4.71. The fourth-order valence-electron chi connectivity index (χ4n) is 3.40. The van der Waals surface area contributed by atoms with Gasteiger partial charge < -0.3 is 5.11 Å². The second kappa shape index (κ2) is 12.0. The largest absolute Gasteiger partial charge is 0.481 e. The molecule has 136 valence electrons. The topological polar surface area (TPSA) is 71.4 Å². The van der Waals surface area contributed by atoms with Gasteiger partial charge in [0.1, 0.15) is 5.78 Å². The van der Waals surface area contributed by atoms with Crippen LogP contribution in [0.5, 0.6) is 0 Å². The van der Waals surface area contributed by atoms with E-state index in [9.17, 15) is 14.4 Å². The molecule has 1 N–H and O–H groups in total. The molecule has 1 rings (SSSR count). The van der Waals surface area contributed by atoms with Crippen molar-refractivity contribution in [2.75, 3.05) is 0 Å². The highest BCUT2D eigenvalue weighted by Crippen LogP contribution is 2.33. The first-order valence-electron chi connectivity index (χ1n) is 9.50. The first-order valence-corrected chi connectivity index (χ1v) is 9.50. The number of hydrogen-bond acceptors (Lipinski definition) is 3. The lowest BCUT2D eigenvalue weighted by atomic mass is 9.89. The Hall–Kier alpha value is -1.45. The van der Waals surface area contributed by atoms with E-state index in [2.05, 4.69) is 6.92 Å². The van der Waals surface area contributed by atoms with Crippen LogP contribution in [0.25, 0.3) is 0 Å². The van der Waals surface area contributed by atoms with Gasteiger partial charge in [-0.25, -0.2) is 0 Å². The highest BCUT2D eigenvalue weighted by molar-refractivity contribution is 5.90. The van der Waals surface area contributed by atoms with Crippen molar-refractivity contribution in [3.05, 3.63) is 12.2 Å². The van der Waals surface area contributed by atoms with E-state index in [1.54, 1.807) is 6.08 Å². The third kappa shape index (κ3) is 8.42. The monoisotopic (exact) mass is 336 g/mol. The van der Waals surface area contributed by atoms with Gasteiger partial charge in [-0.1, -0.05) is 45.1 Å². The number of unbranched alkanes of at least 4 members (excludes halogenated alkanes) is 5.